The molecule has 1 rings (SSSR count). The molecule has 1 heterocycles. The maximum atomic E-state index is 14.0. The highest BCUT2D eigenvalue weighted by atomic mass is 19.1. The first-order valence-corrected chi connectivity index (χ1v) is 4.70. The quantitative estimate of drug-likeness (QED) is 0.706. The van der Waals surface area contributed by atoms with Gasteiger partial charge in [0.15, 0.2) is 0 Å². The molecule has 2 nitrogen and oxygen atoms in total. The van der Waals surface area contributed by atoms with Crippen LogP contribution in [0.5, 0.6) is 0 Å². The summed E-state index contributed by atoms with van der Waals surface area (Å²) in [5.74, 6) is -0.0259. The van der Waals surface area contributed by atoms with E-state index in [1.54, 1.807) is 24.0 Å². The van der Waals surface area contributed by atoms with Crippen molar-refractivity contribution in [3.8, 4) is 0 Å². The smallest absolute Gasteiger partial charge is 0.138 e. The lowest BCUT2D eigenvalue weighted by atomic mass is 9.89. The molecule has 74 valence electrons. The van der Waals surface area contributed by atoms with Gasteiger partial charge in [-0.05, 0) is 19.8 Å². The Morgan fingerprint density at radius 1 is 1.62 bits per heavy atom. The van der Waals surface area contributed by atoms with Gasteiger partial charge < -0.3 is 0 Å². The van der Waals surface area contributed by atoms with Crippen LogP contribution >= 0.6 is 0 Å². The molecule has 0 amide bonds. The van der Waals surface area contributed by atoms with Gasteiger partial charge in [-0.15, -0.1) is 0 Å². The van der Waals surface area contributed by atoms with E-state index in [1.807, 2.05) is 20.8 Å². The largest absolute Gasteiger partial charge is 0.273 e. The van der Waals surface area contributed by atoms with E-state index >= 15 is 0 Å². The summed E-state index contributed by atoms with van der Waals surface area (Å²) in [4.78, 5) is 0. The molecule has 0 radical (unpaired) electrons. The van der Waals surface area contributed by atoms with Crippen LogP contribution in [0.25, 0.3) is 0 Å². The first-order valence-electron chi connectivity index (χ1n) is 4.70. The fourth-order valence-electron chi connectivity index (χ4n) is 1.12. The molecule has 1 aromatic heterocycles. The highest BCUT2D eigenvalue weighted by Crippen LogP contribution is 2.32. The number of hydrogen-bond donors (Lipinski definition) is 0. The molecule has 1 atom stereocenters. The first kappa shape index (κ1) is 10.2. The molecule has 0 N–H and O–H groups in total. The van der Waals surface area contributed by atoms with Gasteiger partial charge >= 0.3 is 0 Å². The summed E-state index contributed by atoms with van der Waals surface area (Å²) in [6.07, 6.45) is 3.39. The first-order chi connectivity index (χ1) is 5.98. The minimum atomic E-state index is -1.27. The predicted octanol–water partition coefficient (Wildman–Crippen LogP) is 2.74. The second-order valence-electron chi connectivity index (χ2n) is 3.81. The zero-order valence-electron chi connectivity index (χ0n) is 8.71. The molecule has 0 saturated carbocycles. The van der Waals surface area contributed by atoms with Gasteiger partial charge in [-0.25, -0.2) is 4.39 Å². The Labute approximate surface area is 78.8 Å². The molecule has 0 aliphatic rings. The third-order valence-corrected chi connectivity index (χ3v) is 2.61. The van der Waals surface area contributed by atoms with Gasteiger partial charge in [0.05, 0.1) is 6.20 Å². The predicted molar refractivity (Wildman–Crippen MR) is 51.2 cm³/mol. The van der Waals surface area contributed by atoms with Crippen LogP contribution in [0.1, 0.15) is 33.3 Å². The lowest BCUT2D eigenvalue weighted by Crippen LogP contribution is -2.21. The van der Waals surface area contributed by atoms with Crippen molar-refractivity contribution in [2.45, 2.75) is 39.9 Å². The Balaban J connectivity index is 2.93. The summed E-state index contributed by atoms with van der Waals surface area (Å²) in [5.41, 5.74) is -0.600. The third kappa shape index (κ3) is 1.90. The minimum absolute atomic E-state index is 0.0259. The Kier molecular flexibility index (Phi) is 2.74. The van der Waals surface area contributed by atoms with Gasteiger partial charge in [0.25, 0.3) is 0 Å². The second-order valence-corrected chi connectivity index (χ2v) is 3.81. The molecule has 0 bridgehead atoms. The molecular formula is C10H17FN2. The summed E-state index contributed by atoms with van der Waals surface area (Å²) < 4.78 is 15.8. The van der Waals surface area contributed by atoms with Crippen molar-refractivity contribution >= 4 is 0 Å². The third-order valence-electron chi connectivity index (χ3n) is 2.61. The van der Waals surface area contributed by atoms with Gasteiger partial charge in [-0.1, -0.05) is 13.8 Å². The van der Waals surface area contributed by atoms with E-state index in [9.17, 15) is 4.39 Å². The molecule has 0 saturated heterocycles. The van der Waals surface area contributed by atoms with E-state index in [2.05, 4.69) is 5.10 Å². The van der Waals surface area contributed by atoms with Crippen LogP contribution < -0.4 is 0 Å². The molecule has 0 fully saturated rings. The number of aryl methyl sites for hydroxylation is 1. The number of alkyl halides is 1. The average molecular weight is 184 g/mol. The van der Waals surface area contributed by atoms with Gasteiger partial charge in [0.2, 0.25) is 0 Å². The van der Waals surface area contributed by atoms with E-state index in [0.29, 0.717) is 5.56 Å². The van der Waals surface area contributed by atoms with Gasteiger partial charge in [-0.2, -0.15) is 5.10 Å². The van der Waals surface area contributed by atoms with Gasteiger partial charge in [-0.3, -0.25) is 4.68 Å². The van der Waals surface area contributed by atoms with Crippen LogP contribution in [0, 0.1) is 5.92 Å². The average Bonchev–Trinajstić information content (AvgIpc) is 2.51. The Morgan fingerprint density at radius 2 is 2.23 bits per heavy atom. The molecule has 1 unspecified atom stereocenters. The summed E-state index contributed by atoms with van der Waals surface area (Å²) in [6, 6.07) is 0. The Hall–Kier alpha value is -0.860. The maximum absolute atomic E-state index is 14.0. The lowest BCUT2D eigenvalue weighted by Gasteiger charge is -2.22. The second kappa shape index (κ2) is 3.48. The van der Waals surface area contributed by atoms with E-state index in [4.69, 9.17) is 0 Å². The monoisotopic (exact) mass is 184 g/mol. The molecule has 0 aliphatic carbocycles. The highest BCUT2D eigenvalue weighted by Gasteiger charge is 2.31. The van der Waals surface area contributed by atoms with Crippen molar-refractivity contribution in [1.29, 1.82) is 0 Å². The number of nitrogens with zero attached hydrogens (tertiary/aromatic N) is 2. The van der Waals surface area contributed by atoms with Crippen LogP contribution in [0.3, 0.4) is 0 Å². The van der Waals surface area contributed by atoms with Crippen LogP contribution in [-0.4, -0.2) is 9.78 Å². The summed E-state index contributed by atoms with van der Waals surface area (Å²) in [5, 5.41) is 4.06. The molecule has 3 heteroatoms. The summed E-state index contributed by atoms with van der Waals surface area (Å²) >= 11 is 0. The standard InChI is InChI=1S/C10H17FN2/c1-5-13-7-9(6-12-13)10(4,11)8(2)3/h6-8H,5H2,1-4H3. The van der Waals surface area contributed by atoms with E-state index < -0.39 is 5.67 Å². The van der Waals surface area contributed by atoms with Crippen molar-refractivity contribution in [3.05, 3.63) is 18.0 Å². The zero-order valence-corrected chi connectivity index (χ0v) is 8.71. The lowest BCUT2D eigenvalue weighted by molar-refractivity contribution is 0.123. The van der Waals surface area contributed by atoms with Gasteiger partial charge in [0, 0.05) is 18.3 Å². The zero-order chi connectivity index (χ0) is 10.1. The molecular weight excluding hydrogens is 167 g/mol. The number of hydrogen-bond acceptors (Lipinski definition) is 1. The maximum Gasteiger partial charge on any atom is 0.138 e. The van der Waals surface area contributed by atoms with Crippen LogP contribution in [0.2, 0.25) is 0 Å². The van der Waals surface area contributed by atoms with Crippen molar-refractivity contribution < 1.29 is 4.39 Å². The fourth-order valence-corrected chi connectivity index (χ4v) is 1.12. The van der Waals surface area contributed by atoms with Crippen molar-refractivity contribution in [2.75, 3.05) is 0 Å². The Bertz CT molecular complexity index is 276. The Morgan fingerprint density at radius 3 is 2.62 bits per heavy atom. The normalized spacial score (nSPS) is 16.2. The van der Waals surface area contributed by atoms with Crippen LogP contribution in [0.15, 0.2) is 12.4 Å². The molecule has 0 aliphatic heterocycles. The van der Waals surface area contributed by atoms with Crippen LogP contribution in [-0.2, 0) is 12.2 Å². The molecule has 0 aromatic carbocycles. The molecule has 0 spiro atoms. The molecule has 1 aromatic rings. The van der Waals surface area contributed by atoms with Gasteiger partial charge in [0.1, 0.15) is 5.67 Å². The summed E-state index contributed by atoms with van der Waals surface area (Å²) in [6.45, 7) is 8.14. The topological polar surface area (TPSA) is 17.8 Å². The summed E-state index contributed by atoms with van der Waals surface area (Å²) in [7, 11) is 0. The minimum Gasteiger partial charge on any atom is -0.273 e. The fraction of sp³-hybridized carbons (Fsp3) is 0.700. The van der Waals surface area contributed by atoms with Crippen molar-refractivity contribution in [1.82, 2.24) is 9.78 Å². The SMILES string of the molecule is CCn1cc(C(C)(F)C(C)C)cn1. The van der Waals surface area contributed by atoms with E-state index in [-0.39, 0.29) is 5.92 Å². The number of aromatic nitrogens is 2. The van der Waals surface area contributed by atoms with Crippen LogP contribution in [0.4, 0.5) is 4.39 Å². The number of halogens is 1. The number of rotatable bonds is 3. The van der Waals surface area contributed by atoms with Crippen molar-refractivity contribution in [3.63, 3.8) is 0 Å². The highest BCUT2D eigenvalue weighted by molar-refractivity contribution is 5.14. The van der Waals surface area contributed by atoms with Crippen molar-refractivity contribution in [2.24, 2.45) is 5.92 Å². The van der Waals surface area contributed by atoms with E-state index in [1.165, 1.54) is 0 Å². The molecule has 13 heavy (non-hydrogen) atoms. The van der Waals surface area contributed by atoms with E-state index in [0.717, 1.165) is 6.54 Å².